The number of hydrogen-bond donors (Lipinski definition) is 0. The van der Waals surface area contributed by atoms with E-state index in [4.69, 9.17) is 0 Å². The summed E-state index contributed by atoms with van der Waals surface area (Å²) < 4.78 is 2.17. The number of rotatable bonds is 3. The van der Waals surface area contributed by atoms with Gasteiger partial charge in [0, 0.05) is 0 Å². The summed E-state index contributed by atoms with van der Waals surface area (Å²) in [5.41, 5.74) is 9.22. The Morgan fingerprint density at radius 1 is 0.476 bits per heavy atom. The minimum absolute atomic E-state index is 0. The van der Waals surface area contributed by atoms with Crippen molar-refractivity contribution in [1.29, 1.82) is 0 Å². The van der Waals surface area contributed by atoms with Crippen molar-refractivity contribution in [3.63, 3.8) is 0 Å². The zero-order chi connectivity index (χ0) is 27.7. The van der Waals surface area contributed by atoms with E-state index >= 15 is 0 Å². The minimum atomic E-state index is 0. The SMILES string of the molecule is Cc1cc2c(-c3ccccc3)cccc2[cH-]1.Cc1cc2c(-c3ccccc3)cccc2[cH-]1.[Cl-].[Cl-].[Zr+2]=[B]c1ccccc1. The number of aryl methyl sites for hydroxylation is 2. The molecule has 0 N–H and O–H groups in total. The Labute approximate surface area is 277 Å². The Balaban J connectivity index is 0.000000178. The summed E-state index contributed by atoms with van der Waals surface area (Å²) in [6.45, 7) is 4.30. The molecular weight excluding hydrogens is 629 g/mol. The van der Waals surface area contributed by atoms with Crippen LogP contribution in [0, 0.1) is 13.8 Å². The molecule has 42 heavy (non-hydrogen) atoms. The average Bonchev–Trinajstić information content (AvgIpc) is 3.59. The average molecular weight is 661 g/mol. The molecule has 7 aromatic carbocycles. The van der Waals surface area contributed by atoms with Crippen LogP contribution in [0.3, 0.4) is 0 Å². The molecule has 0 aliphatic heterocycles. The Kier molecular flexibility index (Phi) is 13.1. The molecule has 0 fully saturated rings. The van der Waals surface area contributed by atoms with E-state index in [0.29, 0.717) is 0 Å². The standard InChI is InChI=1S/2C16H13.C6H5B.2ClH.Zr/c2*1-12-10-14-8-5-9-15(16(14)11-12)13-6-3-2-4-7-13;7-6-4-2-1-3-5-6;;;/h2*2-11H,1H3;1-5H;2*1H;/q2*-1;;;;+2/p-2. The molecule has 0 saturated heterocycles. The molecule has 7 rings (SSSR count). The Morgan fingerprint density at radius 2 is 0.857 bits per heavy atom. The molecular formula is C38H31BCl2Zr-2. The van der Waals surface area contributed by atoms with Crippen molar-refractivity contribution < 1.29 is 48.8 Å². The van der Waals surface area contributed by atoms with E-state index in [0.717, 1.165) is 0 Å². The third kappa shape index (κ3) is 8.45. The van der Waals surface area contributed by atoms with Gasteiger partial charge in [-0.25, -0.2) is 0 Å². The molecule has 0 radical (unpaired) electrons. The zero-order valence-corrected chi connectivity index (χ0v) is 27.7. The van der Waals surface area contributed by atoms with Gasteiger partial charge in [0.15, 0.2) is 0 Å². The molecule has 4 heteroatoms. The van der Waals surface area contributed by atoms with Crippen LogP contribution in [0.25, 0.3) is 43.8 Å². The van der Waals surface area contributed by atoms with Crippen LogP contribution in [0.1, 0.15) is 11.1 Å². The molecule has 0 amide bonds. The molecule has 0 nitrogen and oxygen atoms in total. The molecule has 0 aliphatic carbocycles. The van der Waals surface area contributed by atoms with Crippen LogP contribution in [0.4, 0.5) is 0 Å². The summed E-state index contributed by atoms with van der Waals surface area (Å²) in [6.07, 6.45) is 0. The van der Waals surface area contributed by atoms with E-state index in [1.165, 1.54) is 84.4 Å². The topological polar surface area (TPSA) is 0 Å². The van der Waals surface area contributed by atoms with Gasteiger partial charge in [-0.15, -0.1) is 69.1 Å². The van der Waals surface area contributed by atoms with Crippen LogP contribution in [0.5, 0.6) is 0 Å². The van der Waals surface area contributed by atoms with Gasteiger partial charge < -0.3 is 24.8 Å². The number of hydrogen-bond acceptors (Lipinski definition) is 0. The second-order valence-electron chi connectivity index (χ2n) is 9.97. The fraction of sp³-hybridized carbons (Fsp3) is 0.0526. The molecule has 0 saturated carbocycles. The summed E-state index contributed by atoms with van der Waals surface area (Å²) in [6, 6.07) is 53.5. The van der Waals surface area contributed by atoms with Gasteiger partial charge in [0.05, 0.1) is 0 Å². The molecule has 0 atom stereocenters. The fourth-order valence-electron chi connectivity index (χ4n) is 5.06. The summed E-state index contributed by atoms with van der Waals surface area (Å²) >= 11 is 1.46. The van der Waals surface area contributed by atoms with E-state index in [2.05, 4.69) is 164 Å². The predicted molar refractivity (Wildman–Crippen MR) is 171 cm³/mol. The fourth-order valence-corrected chi connectivity index (χ4v) is 5.53. The Hall–Kier alpha value is -3.15. The van der Waals surface area contributed by atoms with Gasteiger partial charge in [-0.1, -0.05) is 97.8 Å². The number of benzene rings is 5. The van der Waals surface area contributed by atoms with Crippen molar-refractivity contribution in [2.45, 2.75) is 13.8 Å². The number of halogens is 2. The molecule has 0 aliphatic rings. The van der Waals surface area contributed by atoms with Gasteiger partial charge in [-0.2, -0.15) is 12.1 Å². The zero-order valence-electron chi connectivity index (χ0n) is 23.8. The van der Waals surface area contributed by atoms with Crippen LogP contribution in [0.2, 0.25) is 0 Å². The molecule has 0 bridgehead atoms. The maximum atomic E-state index is 2.26. The second-order valence-corrected chi connectivity index (χ2v) is 10.7. The summed E-state index contributed by atoms with van der Waals surface area (Å²) in [4.78, 5) is 0. The van der Waals surface area contributed by atoms with E-state index in [1.807, 2.05) is 6.07 Å². The quantitative estimate of drug-likeness (QED) is 0.201. The van der Waals surface area contributed by atoms with Crippen LogP contribution >= 0.6 is 0 Å². The first kappa shape index (κ1) is 33.4. The molecule has 0 unspecified atom stereocenters. The van der Waals surface area contributed by atoms with Gasteiger partial charge in [0.1, 0.15) is 0 Å². The van der Waals surface area contributed by atoms with Gasteiger partial charge in [-0.05, 0) is 11.1 Å². The van der Waals surface area contributed by atoms with Gasteiger partial charge in [0.2, 0.25) is 0 Å². The summed E-state index contributed by atoms with van der Waals surface area (Å²) in [7, 11) is 0. The van der Waals surface area contributed by atoms with Gasteiger partial charge in [0.25, 0.3) is 0 Å². The second kappa shape index (κ2) is 16.5. The Bertz CT molecular complexity index is 1710. The van der Waals surface area contributed by atoms with Crippen LogP contribution in [-0.4, -0.2) is 4.37 Å². The van der Waals surface area contributed by atoms with E-state index in [-0.39, 0.29) is 24.8 Å². The summed E-state index contributed by atoms with van der Waals surface area (Å²) in [5.74, 6) is 0. The first-order valence-electron chi connectivity index (χ1n) is 13.6. The van der Waals surface area contributed by atoms with Gasteiger partial charge >= 0.3 is 64.2 Å². The van der Waals surface area contributed by atoms with E-state index < -0.39 is 0 Å². The summed E-state index contributed by atoms with van der Waals surface area (Å²) in [5, 5.41) is 5.37. The van der Waals surface area contributed by atoms with Crippen LogP contribution < -0.4 is 30.3 Å². The third-order valence-electron chi connectivity index (χ3n) is 6.93. The van der Waals surface area contributed by atoms with Crippen LogP contribution in [0.15, 0.2) is 152 Å². The van der Waals surface area contributed by atoms with E-state index in [9.17, 15) is 0 Å². The number of fused-ring (bicyclic) bond motifs is 2. The molecule has 7 aromatic rings. The Morgan fingerprint density at radius 3 is 1.21 bits per heavy atom. The van der Waals surface area contributed by atoms with Crippen molar-refractivity contribution in [3.8, 4) is 22.3 Å². The normalized spacial score (nSPS) is 9.81. The first-order chi connectivity index (χ1) is 19.6. The van der Waals surface area contributed by atoms with Crippen molar-refractivity contribution in [2.75, 3.05) is 0 Å². The van der Waals surface area contributed by atoms with Crippen LogP contribution in [-0.2, 0) is 24.0 Å². The monoisotopic (exact) mass is 658 g/mol. The third-order valence-corrected chi connectivity index (χ3v) is 7.75. The molecule has 0 aromatic heterocycles. The van der Waals surface area contributed by atoms with E-state index in [1.54, 1.807) is 0 Å². The van der Waals surface area contributed by atoms with Crippen molar-refractivity contribution in [3.05, 3.63) is 163 Å². The predicted octanol–water partition coefficient (Wildman–Crippen LogP) is 3.55. The first-order valence-corrected chi connectivity index (χ1v) is 15.0. The molecule has 0 heterocycles. The van der Waals surface area contributed by atoms with Crippen molar-refractivity contribution in [2.24, 2.45) is 0 Å². The maximum absolute atomic E-state index is 2.26. The van der Waals surface area contributed by atoms with Crippen molar-refractivity contribution in [1.82, 2.24) is 0 Å². The molecule has 206 valence electrons. The van der Waals surface area contributed by atoms with Gasteiger partial charge in [-0.3, -0.25) is 0 Å². The molecule has 0 spiro atoms. The van der Waals surface area contributed by atoms with Crippen molar-refractivity contribution >= 4 is 31.4 Å².